The number of halogens is 1. The summed E-state index contributed by atoms with van der Waals surface area (Å²) in [4.78, 5) is 29.8. The molecule has 2 amide bonds. The summed E-state index contributed by atoms with van der Waals surface area (Å²) >= 11 is 6.47. The minimum atomic E-state index is -0.202. The van der Waals surface area contributed by atoms with Gasteiger partial charge in [0.2, 0.25) is 11.9 Å². The maximum absolute atomic E-state index is 12.8. The van der Waals surface area contributed by atoms with Crippen LogP contribution in [0.3, 0.4) is 0 Å². The van der Waals surface area contributed by atoms with Gasteiger partial charge in [0.1, 0.15) is 0 Å². The van der Waals surface area contributed by atoms with Gasteiger partial charge in [-0.2, -0.15) is 0 Å². The Hall–Kier alpha value is -3.06. The average molecular weight is 508 g/mol. The summed E-state index contributed by atoms with van der Waals surface area (Å²) in [6.07, 6.45) is 8.12. The van der Waals surface area contributed by atoms with Gasteiger partial charge in [-0.3, -0.25) is 9.59 Å². The van der Waals surface area contributed by atoms with Crippen molar-refractivity contribution in [2.24, 2.45) is 18.4 Å². The molecule has 0 radical (unpaired) electrons. The van der Waals surface area contributed by atoms with Crippen molar-refractivity contribution in [3.63, 3.8) is 0 Å². The van der Waals surface area contributed by atoms with Crippen LogP contribution in [0.1, 0.15) is 67.8 Å². The van der Waals surface area contributed by atoms with Crippen molar-refractivity contribution in [3.8, 4) is 0 Å². The summed E-state index contributed by atoms with van der Waals surface area (Å²) in [6, 6.07) is 11.3. The van der Waals surface area contributed by atoms with Crippen molar-refractivity contribution < 1.29 is 9.59 Å². The molecule has 3 N–H and O–H groups in total. The number of aryl methyl sites for hydroxylation is 1. The fraction of sp³-hybridized carbons (Fsp3) is 0.464. The van der Waals surface area contributed by atoms with E-state index in [0.717, 1.165) is 36.0 Å². The first-order valence-electron chi connectivity index (χ1n) is 12.9. The molecule has 190 valence electrons. The largest absolute Gasteiger partial charge is 0.352 e. The molecule has 0 spiro atoms. The molecule has 0 unspecified atom stereocenters. The molecule has 36 heavy (non-hydrogen) atoms. The predicted octanol–water partition coefficient (Wildman–Crippen LogP) is 5.70. The minimum Gasteiger partial charge on any atom is -0.352 e. The number of hydrogen-bond acceptors (Lipinski definition) is 4. The highest BCUT2D eigenvalue weighted by molar-refractivity contribution is 6.33. The van der Waals surface area contributed by atoms with E-state index < -0.39 is 0 Å². The molecular formula is C28H34ClN5O2. The molecule has 1 aromatic heterocycles. The van der Waals surface area contributed by atoms with Crippen LogP contribution in [0, 0.1) is 11.3 Å². The molecule has 2 aromatic carbocycles. The zero-order chi connectivity index (χ0) is 25.3. The first kappa shape index (κ1) is 24.6. The Morgan fingerprint density at radius 2 is 1.86 bits per heavy atom. The van der Waals surface area contributed by atoms with Crippen molar-refractivity contribution >= 4 is 46.1 Å². The zero-order valence-corrected chi connectivity index (χ0v) is 21.8. The van der Waals surface area contributed by atoms with Crippen molar-refractivity contribution in [2.45, 2.75) is 58.4 Å². The van der Waals surface area contributed by atoms with Gasteiger partial charge >= 0.3 is 0 Å². The lowest BCUT2D eigenvalue weighted by Crippen LogP contribution is -2.30. The quantitative estimate of drug-likeness (QED) is 0.365. The van der Waals surface area contributed by atoms with Gasteiger partial charge in [-0.1, -0.05) is 43.9 Å². The number of hydrogen-bond donors (Lipinski definition) is 3. The van der Waals surface area contributed by atoms with Gasteiger partial charge in [-0.15, -0.1) is 0 Å². The van der Waals surface area contributed by atoms with Crippen molar-refractivity contribution in [1.82, 2.24) is 20.2 Å². The Bertz CT molecular complexity index is 1290. The average Bonchev–Trinajstić information content (AvgIpc) is 3.58. The number of nitrogens with zero attached hydrogens (tertiary/aromatic N) is 2. The highest BCUT2D eigenvalue weighted by Gasteiger charge is 2.44. The van der Waals surface area contributed by atoms with Crippen LogP contribution in [-0.2, 0) is 18.4 Å². The van der Waals surface area contributed by atoms with Gasteiger partial charge in [0.15, 0.2) is 0 Å². The zero-order valence-electron chi connectivity index (χ0n) is 21.0. The molecule has 8 heteroatoms. The van der Waals surface area contributed by atoms with Gasteiger partial charge < -0.3 is 20.5 Å². The van der Waals surface area contributed by atoms with E-state index in [0.29, 0.717) is 34.7 Å². The van der Waals surface area contributed by atoms with Crippen LogP contribution in [0.15, 0.2) is 36.4 Å². The van der Waals surface area contributed by atoms with Crippen LogP contribution in [0.2, 0.25) is 5.02 Å². The van der Waals surface area contributed by atoms with Crippen LogP contribution >= 0.6 is 11.6 Å². The second-order valence-electron chi connectivity index (χ2n) is 10.6. The van der Waals surface area contributed by atoms with Crippen molar-refractivity contribution in [2.75, 3.05) is 11.9 Å². The number of carbonyl (C=O) groups excluding carboxylic acids is 2. The lowest BCUT2D eigenvalue weighted by molar-refractivity contribution is -0.125. The highest BCUT2D eigenvalue weighted by atomic mass is 35.5. The number of carbonyl (C=O) groups is 2. The number of anilines is 2. The first-order valence-corrected chi connectivity index (χ1v) is 13.3. The smallest absolute Gasteiger partial charge is 0.251 e. The molecule has 7 nitrogen and oxygen atoms in total. The predicted molar refractivity (Wildman–Crippen MR) is 144 cm³/mol. The van der Waals surface area contributed by atoms with E-state index >= 15 is 0 Å². The maximum Gasteiger partial charge on any atom is 0.251 e. The van der Waals surface area contributed by atoms with E-state index in [-0.39, 0.29) is 17.2 Å². The number of rotatable bonds is 8. The molecule has 0 atom stereocenters. The second kappa shape index (κ2) is 10.1. The van der Waals surface area contributed by atoms with Crippen LogP contribution in [0.4, 0.5) is 11.6 Å². The van der Waals surface area contributed by atoms with Gasteiger partial charge in [0.05, 0.1) is 21.7 Å². The van der Waals surface area contributed by atoms with Gasteiger partial charge in [-0.25, -0.2) is 4.98 Å². The van der Waals surface area contributed by atoms with E-state index in [4.69, 9.17) is 16.6 Å². The molecule has 1 heterocycles. The Labute approximate surface area is 217 Å². The van der Waals surface area contributed by atoms with Gasteiger partial charge in [0.25, 0.3) is 5.91 Å². The molecular weight excluding hydrogens is 474 g/mol. The number of amides is 2. The molecule has 0 bridgehead atoms. The first-order chi connectivity index (χ1) is 17.3. The number of nitrogens with one attached hydrogen (secondary N) is 3. The Balaban J connectivity index is 1.27. The summed E-state index contributed by atoms with van der Waals surface area (Å²) in [6.45, 7) is 3.18. The van der Waals surface area contributed by atoms with E-state index in [1.165, 1.54) is 32.1 Å². The van der Waals surface area contributed by atoms with Crippen LogP contribution in [-0.4, -0.2) is 27.9 Å². The summed E-state index contributed by atoms with van der Waals surface area (Å²) in [5.41, 5.74) is 3.73. The third kappa shape index (κ3) is 5.36. The lowest BCUT2D eigenvalue weighted by atomic mass is 9.89. The molecule has 0 aliphatic heterocycles. The number of benzene rings is 2. The monoisotopic (exact) mass is 507 g/mol. The topological polar surface area (TPSA) is 88.1 Å². The summed E-state index contributed by atoms with van der Waals surface area (Å²) in [7, 11) is 1.93. The van der Waals surface area contributed by atoms with Crippen molar-refractivity contribution in [3.05, 3.63) is 52.5 Å². The molecule has 5 rings (SSSR count). The molecule has 2 aliphatic rings. The fourth-order valence-corrected chi connectivity index (χ4v) is 5.06. The van der Waals surface area contributed by atoms with Crippen LogP contribution < -0.4 is 16.0 Å². The Morgan fingerprint density at radius 3 is 2.61 bits per heavy atom. The van der Waals surface area contributed by atoms with E-state index in [1.54, 1.807) is 0 Å². The third-order valence-corrected chi connectivity index (χ3v) is 8.03. The van der Waals surface area contributed by atoms with E-state index in [9.17, 15) is 9.59 Å². The number of aromatic nitrogens is 2. The van der Waals surface area contributed by atoms with Crippen LogP contribution in [0.25, 0.3) is 11.0 Å². The third-order valence-electron chi connectivity index (χ3n) is 7.70. The fourth-order valence-electron chi connectivity index (χ4n) is 4.89. The van der Waals surface area contributed by atoms with Crippen LogP contribution in [0.5, 0.6) is 0 Å². The van der Waals surface area contributed by atoms with E-state index in [1.807, 2.05) is 54.9 Å². The standard InChI is InChI=1S/C28H34ClN5O2/c1-28(12-13-28)26(36)31-17-19-8-10-21(29)22(14-19)32-27-33-23-15-20(9-11-24(23)34(27)2)25(35)30-16-18-6-4-3-5-7-18/h8-11,14-15,18H,3-7,12-13,16-17H2,1-2H3,(H,30,35)(H,31,36)(H,32,33). The summed E-state index contributed by atoms with van der Waals surface area (Å²) in [5.74, 6) is 1.25. The summed E-state index contributed by atoms with van der Waals surface area (Å²) < 4.78 is 1.94. The normalized spacial score (nSPS) is 17.1. The van der Waals surface area contributed by atoms with Crippen molar-refractivity contribution in [1.29, 1.82) is 0 Å². The number of imidazole rings is 1. The molecule has 2 fully saturated rings. The molecule has 2 aliphatic carbocycles. The molecule has 2 saturated carbocycles. The summed E-state index contributed by atoms with van der Waals surface area (Å²) in [5, 5.41) is 10.0. The Morgan fingerprint density at radius 1 is 1.08 bits per heavy atom. The highest BCUT2D eigenvalue weighted by Crippen LogP contribution is 2.45. The van der Waals surface area contributed by atoms with E-state index in [2.05, 4.69) is 16.0 Å². The molecule has 0 saturated heterocycles. The second-order valence-corrected chi connectivity index (χ2v) is 11.0. The molecule has 3 aromatic rings. The lowest BCUT2D eigenvalue weighted by Gasteiger charge is -2.21. The van der Waals surface area contributed by atoms with Gasteiger partial charge in [-0.05, 0) is 67.5 Å². The Kier molecular flexibility index (Phi) is 6.93. The maximum atomic E-state index is 12.8. The van der Waals surface area contributed by atoms with Gasteiger partial charge in [0, 0.05) is 31.1 Å². The number of fused-ring (bicyclic) bond motifs is 1. The SMILES string of the molecule is Cn1c(Nc2cc(CNC(=O)C3(C)CC3)ccc2Cl)nc2cc(C(=O)NCC3CCCCC3)ccc21. The minimum absolute atomic E-state index is 0.0551.